The summed E-state index contributed by atoms with van der Waals surface area (Å²) in [5.41, 5.74) is 0.779. The minimum Gasteiger partial charge on any atom is -0.456 e. The number of likely N-dealkylation sites (tertiary alicyclic amines) is 1. The number of hydrogen-bond acceptors (Lipinski definition) is 10. The summed E-state index contributed by atoms with van der Waals surface area (Å²) in [4.78, 5) is 32.3. The molecule has 12 nitrogen and oxygen atoms in total. The van der Waals surface area contributed by atoms with Crippen LogP contribution in [0.15, 0.2) is 37.2 Å². The lowest BCUT2D eigenvalue weighted by Gasteiger charge is -2.35. The fourth-order valence-electron chi connectivity index (χ4n) is 5.50. The fraction of sp³-hybridized carbons (Fsp3) is 0.414. The maximum atomic E-state index is 14.7. The largest absolute Gasteiger partial charge is 0.456 e. The predicted molar refractivity (Wildman–Crippen MR) is 159 cm³/mol. The minimum absolute atomic E-state index is 0.0624. The van der Waals surface area contributed by atoms with E-state index in [2.05, 4.69) is 45.4 Å². The Labute approximate surface area is 252 Å². The molecule has 2 atom stereocenters. The summed E-state index contributed by atoms with van der Waals surface area (Å²) in [5.74, 6) is -0.0199. The quantitative estimate of drug-likeness (QED) is 0.295. The number of rotatable bonds is 8. The van der Waals surface area contributed by atoms with Gasteiger partial charge in [-0.05, 0) is 26.0 Å². The summed E-state index contributed by atoms with van der Waals surface area (Å²) >= 11 is 6.36. The van der Waals surface area contributed by atoms with Crippen LogP contribution < -0.4 is 14.4 Å². The minimum atomic E-state index is -0.665. The average molecular weight is 611 g/mol. The van der Waals surface area contributed by atoms with Crippen molar-refractivity contribution in [2.24, 2.45) is 0 Å². The second kappa shape index (κ2) is 11.9. The normalized spacial score (nSPS) is 19.5. The van der Waals surface area contributed by atoms with E-state index >= 15 is 0 Å². The Morgan fingerprint density at radius 1 is 1.19 bits per heavy atom. The van der Waals surface area contributed by atoms with E-state index in [0.717, 1.165) is 0 Å². The molecule has 1 aromatic carbocycles. The molecule has 6 rings (SSSR count). The Hall–Kier alpha value is -4.07. The molecular weight excluding hydrogens is 579 g/mol. The molecule has 2 saturated heterocycles. The molecule has 2 aliphatic heterocycles. The van der Waals surface area contributed by atoms with Crippen molar-refractivity contribution in [3.63, 3.8) is 0 Å². The standard InChI is InChI=1S/C29H32ClFN8O4/c1-5-23(40)37-8-10-38(11-9-37)27-17-6-7-32-28(43-26-18-13-33-36-20(18)12-19(31)24(26)30)25(17)34-29(35-27)42-22-15-39(16(2)3)14-21(22)41-4/h5-7,12-13,16,21-22H,1,8-11,14-15H2,2-4H3,(H,33,36)/t21-,22-/m1/s1. The number of fused-ring (bicyclic) bond motifs is 2. The number of nitrogens with one attached hydrogen (secondary N) is 1. The summed E-state index contributed by atoms with van der Waals surface area (Å²) in [7, 11) is 1.66. The van der Waals surface area contributed by atoms with Crippen molar-refractivity contribution < 1.29 is 23.4 Å². The third-order valence-corrected chi connectivity index (χ3v) is 8.28. The first-order chi connectivity index (χ1) is 20.8. The highest BCUT2D eigenvalue weighted by atomic mass is 35.5. The Bertz CT molecular complexity index is 1680. The van der Waals surface area contributed by atoms with Crippen LogP contribution >= 0.6 is 11.6 Å². The SMILES string of the molecule is C=CC(=O)N1CCN(c2nc(O[C@@H]3CN(C(C)C)C[C@H]3OC)nc3c(Oc4c(Cl)c(F)cc5[nH]ncc45)nccc23)CC1. The van der Waals surface area contributed by atoms with Gasteiger partial charge in [0, 0.05) is 64.7 Å². The molecule has 2 aliphatic rings. The number of amides is 1. The summed E-state index contributed by atoms with van der Waals surface area (Å²) in [6.07, 6.45) is 3.90. The van der Waals surface area contributed by atoms with Crippen LogP contribution in [-0.2, 0) is 9.53 Å². The molecule has 5 heterocycles. The molecule has 2 fully saturated rings. The number of nitrogens with zero attached hydrogens (tertiary/aromatic N) is 7. The fourth-order valence-corrected chi connectivity index (χ4v) is 5.69. The molecule has 3 aromatic heterocycles. The molecule has 4 aromatic rings. The summed E-state index contributed by atoms with van der Waals surface area (Å²) in [5, 5.41) is 7.67. The van der Waals surface area contributed by atoms with Gasteiger partial charge in [-0.3, -0.25) is 14.8 Å². The zero-order chi connectivity index (χ0) is 30.2. The van der Waals surface area contributed by atoms with Crippen LogP contribution in [0.4, 0.5) is 10.2 Å². The van der Waals surface area contributed by atoms with Crippen LogP contribution in [0.25, 0.3) is 21.8 Å². The smallest absolute Gasteiger partial charge is 0.319 e. The maximum absolute atomic E-state index is 14.7. The molecule has 0 saturated carbocycles. The van der Waals surface area contributed by atoms with E-state index in [-0.39, 0.29) is 40.8 Å². The Balaban J connectivity index is 1.42. The monoisotopic (exact) mass is 610 g/mol. The van der Waals surface area contributed by atoms with Gasteiger partial charge in [0.2, 0.25) is 11.8 Å². The molecule has 0 spiro atoms. The van der Waals surface area contributed by atoms with E-state index in [4.69, 9.17) is 35.8 Å². The van der Waals surface area contributed by atoms with E-state index in [1.165, 1.54) is 18.3 Å². The number of pyridine rings is 1. The summed E-state index contributed by atoms with van der Waals surface area (Å²) in [6, 6.07) is 3.48. The van der Waals surface area contributed by atoms with Gasteiger partial charge < -0.3 is 24.0 Å². The van der Waals surface area contributed by atoms with Gasteiger partial charge in [-0.2, -0.15) is 15.1 Å². The topological polar surface area (TPSA) is 122 Å². The van der Waals surface area contributed by atoms with Gasteiger partial charge in [0.1, 0.15) is 34.4 Å². The average Bonchev–Trinajstić information content (AvgIpc) is 3.66. The lowest BCUT2D eigenvalue weighted by Crippen LogP contribution is -2.48. The highest BCUT2D eigenvalue weighted by Crippen LogP contribution is 2.40. The van der Waals surface area contributed by atoms with Crippen molar-refractivity contribution >= 4 is 45.1 Å². The number of halogens is 2. The van der Waals surface area contributed by atoms with Gasteiger partial charge in [0.15, 0.2) is 5.75 Å². The number of carbonyl (C=O) groups excluding carboxylic acids is 1. The Morgan fingerprint density at radius 2 is 1.95 bits per heavy atom. The molecule has 1 amide bonds. The number of aromatic nitrogens is 5. The van der Waals surface area contributed by atoms with Crippen LogP contribution in [0.3, 0.4) is 0 Å². The van der Waals surface area contributed by atoms with Crippen molar-refractivity contribution in [3.8, 4) is 17.6 Å². The van der Waals surface area contributed by atoms with Crippen LogP contribution in [0.1, 0.15) is 13.8 Å². The summed E-state index contributed by atoms with van der Waals surface area (Å²) in [6.45, 7) is 11.3. The van der Waals surface area contributed by atoms with Gasteiger partial charge in [0.25, 0.3) is 0 Å². The number of aromatic amines is 1. The number of anilines is 1. The van der Waals surface area contributed by atoms with Crippen molar-refractivity contribution in [1.29, 1.82) is 0 Å². The lowest BCUT2D eigenvalue weighted by molar-refractivity contribution is -0.126. The first-order valence-corrected chi connectivity index (χ1v) is 14.4. The highest BCUT2D eigenvalue weighted by Gasteiger charge is 2.37. The van der Waals surface area contributed by atoms with Gasteiger partial charge in [0.05, 0.1) is 22.5 Å². The van der Waals surface area contributed by atoms with Crippen LogP contribution in [-0.4, -0.2) is 105 Å². The van der Waals surface area contributed by atoms with Crippen molar-refractivity contribution in [1.82, 2.24) is 34.9 Å². The zero-order valence-corrected chi connectivity index (χ0v) is 24.8. The zero-order valence-electron chi connectivity index (χ0n) is 24.1. The van der Waals surface area contributed by atoms with Crippen molar-refractivity contribution in [3.05, 3.63) is 48.0 Å². The van der Waals surface area contributed by atoms with Gasteiger partial charge in [-0.1, -0.05) is 18.2 Å². The molecule has 0 radical (unpaired) electrons. The Kier molecular flexibility index (Phi) is 8.03. The van der Waals surface area contributed by atoms with E-state index in [1.807, 2.05) is 0 Å². The lowest BCUT2D eigenvalue weighted by atomic mass is 10.2. The summed E-state index contributed by atoms with van der Waals surface area (Å²) < 4.78 is 33.0. The number of carbonyl (C=O) groups is 1. The van der Waals surface area contributed by atoms with Crippen LogP contribution in [0.2, 0.25) is 5.02 Å². The van der Waals surface area contributed by atoms with E-state index < -0.39 is 5.82 Å². The van der Waals surface area contributed by atoms with Crippen molar-refractivity contribution in [2.45, 2.75) is 32.1 Å². The number of methoxy groups -OCH3 is 1. The van der Waals surface area contributed by atoms with Gasteiger partial charge in [-0.15, -0.1) is 0 Å². The number of ether oxygens (including phenoxy) is 3. The third-order valence-electron chi connectivity index (χ3n) is 7.93. The highest BCUT2D eigenvalue weighted by molar-refractivity contribution is 6.33. The first kappa shape index (κ1) is 29.0. The molecule has 0 bridgehead atoms. The third kappa shape index (κ3) is 5.55. The molecule has 0 aliphatic carbocycles. The van der Waals surface area contributed by atoms with Gasteiger partial charge >= 0.3 is 6.01 Å². The van der Waals surface area contributed by atoms with E-state index in [1.54, 1.807) is 24.3 Å². The van der Waals surface area contributed by atoms with Crippen LogP contribution in [0.5, 0.6) is 17.6 Å². The molecule has 0 unspecified atom stereocenters. The molecular formula is C29H32ClFN8O4. The van der Waals surface area contributed by atoms with E-state index in [9.17, 15) is 9.18 Å². The van der Waals surface area contributed by atoms with Crippen LogP contribution in [0, 0.1) is 5.82 Å². The van der Waals surface area contributed by atoms with Crippen molar-refractivity contribution in [2.75, 3.05) is 51.3 Å². The number of benzene rings is 1. The predicted octanol–water partition coefficient (Wildman–Crippen LogP) is 3.81. The number of hydrogen-bond donors (Lipinski definition) is 1. The first-order valence-electron chi connectivity index (χ1n) is 14.0. The Morgan fingerprint density at radius 3 is 2.67 bits per heavy atom. The molecule has 226 valence electrons. The second-order valence-electron chi connectivity index (χ2n) is 10.8. The number of piperazine rings is 1. The number of H-pyrrole nitrogens is 1. The maximum Gasteiger partial charge on any atom is 0.319 e. The molecule has 14 heteroatoms. The van der Waals surface area contributed by atoms with Gasteiger partial charge in [-0.25, -0.2) is 9.37 Å². The molecule has 43 heavy (non-hydrogen) atoms. The second-order valence-corrected chi connectivity index (χ2v) is 11.1. The van der Waals surface area contributed by atoms with E-state index in [0.29, 0.717) is 72.9 Å². The molecule has 1 N–H and O–H groups in total.